The SMILES string of the molecule is Cc1nn(-c2ccc(Br)cc2)c(C)c1C(=O)NCc1ccc(C(F)(F)F)cc1. The first-order valence-electron chi connectivity index (χ1n) is 8.43. The van der Waals surface area contributed by atoms with Crippen molar-refractivity contribution in [3.05, 3.63) is 81.1 Å². The van der Waals surface area contributed by atoms with E-state index in [1.165, 1.54) is 12.1 Å². The number of nitrogens with one attached hydrogen (secondary N) is 1. The molecule has 0 unspecified atom stereocenters. The third kappa shape index (κ3) is 4.27. The van der Waals surface area contributed by atoms with Crippen LogP contribution in [0.25, 0.3) is 5.69 Å². The van der Waals surface area contributed by atoms with Crippen molar-refractivity contribution in [1.29, 1.82) is 0 Å². The van der Waals surface area contributed by atoms with E-state index in [4.69, 9.17) is 0 Å². The zero-order valence-corrected chi connectivity index (χ0v) is 16.7. The minimum absolute atomic E-state index is 0.124. The molecule has 0 aliphatic carbocycles. The fourth-order valence-corrected chi connectivity index (χ4v) is 3.15. The maximum absolute atomic E-state index is 12.6. The second-order valence-corrected chi connectivity index (χ2v) is 7.23. The zero-order chi connectivity index (χ0) is 20.5. The van der Waals surface area contributed by atoms with Gasteiger partial charge >= 0.3 is 6.18 Å². The van der Waals surface area contributed by atoms with Gasteiger partial charge in [0, 0.05) is 11.0 Å². The van der Waals surface area contributed by atoms with Crippen molar-refractivity contribution in [2.75, 3.05) is 0 Å². The topological polar surface area (TPSA) is 46.9 Å². The predicted octanol–water partition coefficient (Wildman–Crippen LogP) is 5.20. The number of hydrogen-bond donors (Lipinski definition) is 1. The van der Waals surface area contributed by atoms with E-state index in [1.54, 1.807) is 18.5 Å². The van der Waals surface area contributed by atoms with E-state index in [0.29, 0.717) is 22.5 Å². The van der Waals surface area contributed by atoms with E-state index < -0.39 is 11.7 Å². The zero-order valence-electron chi connectivity index (χ0n) is 15.1. The molecule has 1 amide bonds. The number of aryl methyl sites for hydroxylation is 1. The second kappa shape index (κ2) is 7.79. The molecule has 1 aromatic heterocycles. The molecule has 3 rings (SSSR count). The number of amides is 1. The summed E-state index contributed by atoms with van der Waals surface area (Å²) in [6, 6.07) is 12.3. The second-order valence-electron chi connectivity index (χ2n) is 6.31. The Morgan fingerprint density at radius 2 is 1.68 bits per heavy atom. The Morgan fingerprint density at radius 3 is 2.25 bits per heavy atom. The molecule has 146 valence electrons. The van der Waals surface area contributed by atoms with Gasteiger partial charge in [0.25, 0.3) is 5.91 Å². The van der Waals surface area contributed by atoms with Crippen LogP contribution in [0.5, 0.6) is 0 Å². The van der Waals surface area contributed by atoms with Gasteiger partial charge in [-0.1, -0.05) is 28.1 Å². The molecule has 0 spiro atoms. The van der Waals surface area contributed by atoms with Crippen LogP contribution in [0.3, 0.4) is 0 Å². The molecule has 4 nitrogen and oxygen atoms in total. The van der Waals surface area contributed by atoms with Gasteiger partial charge in [-0.3, -0.25) is 4.79 Å². The average Bonchev–Trinajstić information content (AvgIpc) is 2.94. The van der Waals surface area contributed by atoms with Gasteiger partial charge in [0.1, 0.15) is 0 Å². The molecule has 0 fully saturated rings. The summed E-state index contributed by atoms with van der Waals surface area (Å²) >= 11 is 3.38. The number of halogens is 4. The molecule has 0 atom stereocenters. The fraction of sp³-hybridized carbons (Fsp3) is 0.200. The van der Waals surface area contributed by atoms with Crippen LogP contribution in [0.15, 0.2) is 53.0 Å². The van der Waals surface area contributed by atoms with Crippen molar-refractivity contribution in [2.24, 2.45) is 0 Å². The summed E-state index contributed by atoms with van der Waals surface area (Å²) < 4.78 is 40.5. The molecule has 2 aromatic carbocycles. The molecule has 8 heteroatoms. The minimum atomic E-state index is -4.38. The lowest BCUT2D eigenvalue weighted by atomic mass is 10.1. The molecule has 1 heterocycles. The molecule has 0 bridgehead atoms. The monoisotopic (exact) mass is 451 g/mol. The van der Waals surface area contributed by atoms with Crippen molar-refractivity contribution >= 4 is 21.8 Å². The van der Waals surface area contributed by atoms with Crippen LogP contribution in [0.2, 0.25) is 0 Å². The van der Waals surface area contributed by atoms with Crippen LogP contribution in [-0.4, -0.2) is 15.7 Å². The summed E-state index contributed by atoms with van der Waals surface area (Å²) in [6.07, 6.45) is -4.38. The molecule has 28 heavy (non-hydrogen) atoms. The number of carbonyl (C=O) groups is 1. The average molecular weight is 452 g/mol. The highest BCUT2D eigenvalue weighted by atomic mass is 79.9. The van der Waals surface area contributed by atoms with Crippen LogP contribution in [-0.2, 0) is 12.7 Å². The molecule has 0 saturated heterocycles. The van der Waals surface area contributed by atoms with Crippen molar-refractivity contribution in [3.8, 4) is 5.69 Å². The van der Waals surface area contributed by atoms with E-state index in [0.717, 1.165) is 22.3 Å². The van der Waals surface area contributed by atoms with E-state index in [1.807, 2.05) is 24.3 Å². The fourth-order valence-electron chi connectivity index (χ4n) is 2.89. The van der Waals surface area contributed by atoms with E-state index >= 15 is 0 Å². The quantitative estimate of drug-likeness (QED) is 0.592. The summed E-state index contributed by atoms with van der Waals surface area (Å²) in [5.74, 6) is -0.321. The highest BCUT2D eigenvalue weighted by Gasteiger charge is 2.30. The third-order valence-corrected chi connectivity index (χ3v) is 4.85. The summed E-state index contributed by atoms with van der Waals surface area (Å²) in [7, 11) is 0. The highest BCUT2D eigenvalue weighted by molar-refractivity contribution is 9.10. The van der Waals surface area contributed by atoms with Crippen LogP contribution < -0.4 is 5.32 Å². The number of benzene rings is 2. The maximum Gasteiger partial charge on any atom is 0.416 e. The van der Waals surface area contributed by atoms with E-state index in [-0.39, 0.29) is 12.5 Å². The first-order valence-corrected chi connectivity index (χ1v) is 9.22. The van der Waals surface area contributed by atoms with Gasteiger partial charge in [0.05, 0.1) is 28.2 Å². The number of nitrogens with zero attached hydrogens (tertiary/aromatic N) is 2. The standard InChI is InChI=1S/C20H17BrF3N3O/c1-12-18(13(2)27(26-12)17-9-7-16(21)8-10-17)19(28)25-11-14-3-5-15(6-4-14)20(22,23)24/h3-10H,11H2,1-2H3,(H,25,28). The summed E-state index contributed by atoms with van der Waals surface area (Å²) in [6.45, 7) is 3.67. The first kappa shape index (κ1) is 20.1. The number of rotatable bonds is 4. The normalized spacial score (nSPS) is 11.5. The van der Waals surface area contributed by atoms with Crippen molar-refractivity contribution in [1.82, 2.24) is 15.1 Å². The Balaban J connectivity index is 1.75. The van der Waals surface area contributed by atoms with E-state index in [2.05, 4.69) is 26.3 Å². The third-order valence-electron chi connectivity index (χ3n) is 4.32. The van der Waals surface area contributed by atoms with Crippen molar-refractivity contribution in [3.63, 3.8) is 0 Å². The molecule has 0 saturated carbocycles. The van der Waals surface area contributed by atoms with Gasteiger partial charge in [-0.15, -0.1) is 0 Å². The Labute approximate surface area is 168 Å². The molecular formula is C20H17BrF3N3O. The number of alkyl halides is 3. The van der Waals surface area contributed by atoms with Crippen LogP contribution in [0.4, 0.5) is 13.2 Å². The smallest absolute Gasteiger partial charge is 0.348 e. The predicted molar refractivity (Wildman–Crippen MR) is 103 cm³/mol. The van der Waals surface area contributed by atoms with Gasteiger partial charge in [-0.2, -0.15) is 18.3 Å². The first-order chi connectivity index (χ1) is 13.2. The van der Waals surface area contributed by atoms with Gasteiger partial charge in [0.2, 0.25) is 0 Å². The lowest BCUT2D eigenvalue weighted by Crippen LogP contribution is -2.24. The summed E-state index contributed by atoms with van der Waals surface area (Å²) in [5, 5.41) is 7.19. The number of hydrogen-bond acceptors (Lipinski definition) is 2. The molecule has 0 radical (unpaired) electrons. The molecule has 3 aromatic rings. The Morgan fingerprint density at radius 1 is 1.07 bits per heavy atom. The molecular weight excluding hydrogens is 435 g/mol. The molecule has 0 aliphatic heterocycles. The lowest BCUT2D eigenvalue weighted by molar-refractivity contribution is -0.137. The minimum Gasteiger partial charge on any atom is -0.348 e. The van der Waals surface area contributed by atoms with Crippen LogP contribution in [0, 0.1) is 13.8 Å². The highest BCUT2D eigenvalue weighted by Crippen LogP contribution is 2.29. The van der Waals surface area contributed by atoms with Crippen molar-refractivity contribution < 1.29 is 18.0 Å². The maximum atomic E-state index is 12.6. The van der Waals surface area contributed by atoms with Gasteiger partial charge in [-0.05, 0) is 55.8 Å². The summed E-state index contributed by atoms with van der Waals surface area (Å²) in [4.78, 5) is 12.6. The van der Waals surface area contributed by atoms with Gasteiger partial charge in [0.15, 0.2) is 0 Å². The number of carbonyl (C=O) groups excluding carboxylic acids is 1. The Bertz CT molecular complexity index is 993. The van der Waals surface area contributed by atoms with Crippen molar-refractivity contribution in [2.45, 2.75) is 26.6 Å². The van der Waals surface area contributed by atoms with Gasteiger partial charge < -0.3 is 5.32 Å². The lowest BCUT2D eigenvalue weighted by Gasteiger charge is -2.09. The molecule has 0 aliphatic rings. The summed E-state index contributed by atoms with van der Waals surface area (Å²) in [5.41, 5.74) is 2.40. The Hall–Kier alpha value is -2.61. The van der Waals surface area contributed by atoms with Crippen LogP contribution >= 0.6 is 15.9 Å². The largest absolute Gasteiger partial charge is 0.416 e. The van der Waals surface area contributed by atoms with Gasteiger partial charge in [-0.25, -0.2) is 4.68 Å². The Kier molecular flexibility index (Phi) is 5.60. The van der Waals surface area contributed by atoms with E-state index in [9.17, 15) is 18.0 Å². The molecule has 1 N–H and O–H groups in total. The number of aromatic nitrogens is 2. The van der Waals surface area contributed by atoms with Crippen LogP contribution in [0.1, 0.15) is 32.9 Å².